The molecule has 0 spiro atoms. The smallest absolute Gasteiger partial charge is 0.307 e. The zero-order valence-corrected chi connectivity index (χ0v) is 11.5. The van der Waals surface area contributed by atoms with Crippen molar-refractivity contribution >= 4 is 16.9 Å². The van der Waals surface area contributed by atoms with Crippen LogP contribution in [-0.4, -0.2) is 28.9 Å². The van der Waals surface area contributed by atoms with Crippen LogP contribution in [0.1, 0.15) is 25.5 Å². The van der Waals surface area contributed by atoms with Crippen LogP contribution in [0.4, 0.5) is 0 Å². The number of carboxylic acid groups (broad SMARTS) is 1. The predicted molar refractivity (Wildman–Crippen MR) is 74.7 cm³/mol. The van der Waals surface area contributed by atoms with Gasteiger partial charge < -0.3 is 19.1 Å². The van der Waals surface area contributed by atoms with E-state index >= 15 is 0 Å². The van der Waals surface area contributed by atoms with E-state index in [0.29, 0.717) is 19.0 Å². The molecule has 3 rings (SSSR count). The highest BCUT2D eigenvalue weighted by Gasteiger charge is 2.19. The molecular weight excluding hydrogens is 258 g/mol. The maximum atomic E-state index is 11.0. The second kappa shape index (κ2) is 4.74. The van der Waals surface area contributed by atoms with Gasteiger partial charge in [-0.3, -0.25) is 4.79 Å². The van der Waals surface area contributed by atoms with Crippen LogP contribution in [0.25, 0.3) is 10.9 Å². The van der Waals surface area contributed by atoms with Crippen LogP contribution in [-0.2, 0) is 11.2 Å². The summed E-state index contributed by atoms with van der Waals surface area (Å²) in [7, 11) is 0. The summed E-state index contributed by atoms with van der Waals surface area (Å²) >= 11 is 0. The van der Waals surface area contributed by atoms with Gasteiger partial charge >= 0.3 is 5.97 Å². The lowest BCUT2D eigenvalue weighted by Gasteiger charge is -2.19. The lowest BCUT2D eigenvalue weighted by Crippen LogP contribution is -2.15. The number of carboxylic acids is 1. The molecule has 0 aliphatic carbocycles. The molecule has 2 aromatic rings. The molecule has 0 unspecified atom stereocenters. The molecule has 0 saturated heterocycles. The van der Waals surface area contributed by atoms with Crippen LogP contribution < -0.4 is 9.47 Å². The third kappa shape index (κ3) is 2.09. The summed E-state index contributed by atoms with van der Waals surface area (Å²) < 4.78 is 13.3. The number of aromatic nitrogens is 1. The molecule has 1 N–H and O–H groups in total. The van der Waals surface area contributed by atoms with Gasteiger partial charge in [0.15, 0.2) is 11.5 Å². The second-order valence-corrected chi connectivity index (χ2v) is 5.24. The summed E-state index contributed by atoms with van der Waals surface area (Å²) in [6.45, 7) is 5.21. The normalized spacial score (nSPS) is 13.9. The Labute approximate surface area is 116 Å². The molecule has 0 radical (unpaired) electrons. The second-order valence-electron chi connectivity index (χ2n) is 5.24. The van der Waals surface area contributed by atoms with E-state index in [1.165, 1.54) is 0 Å². The highest BCUT2D eigenvalue weighted by atomic mass is 16.6. The minimum Gasteiger partial charge on any atom is -0.486 e. The average Bonchev–Trinajstić information content (AvgIpc) is 2.74. The number of hydrogen-bond donors (Lipinski definition) is 1. The van der Waals surface area contributed by atoms with Gasteiger partial charge in [0.2, 0.25) is 0 Å². The third-order valence-electron chi connectivity index (χ3n) is 3.48. The number of hydrogen-bond acceptors (Lipinski definition) is 3. The Morgan fingerprint density at radius 3 is 2.55 bits per heavy atom. The average molecular weight is 275 g/mol. The van der Waals surface area contributed by atoms with Gasteiger partial charge in [-0.15, -0.1) is 0 Å². The van der Waals surface area contributed by atoms with Gasteiger partial charge in [0.25, 0.3) is 0 Å². The molecule has 1 aromatic carbocycles. The minimum atomic E-state index is -0.831. The topological polar surface area (TPSA) is 60.7 Å². The zero-order valence-electron chi connectivity index (χ0n) is 11.5. The van der Waals surface area contributed by atoms with E-state index in [1.807, 2.05) is 18.3 Å². The maximum Gasteiger partial charge on any atom is 0.307 e. The lowest BCUT2D eigenvalue weighted by atomic mass is 10.1. The number of fused-ring (bicyclic) bond motifs is 2. The van der Waals surface area contributed by atoms with Gasteiger partial charge in [0.1, 0.15) is 13.2 Å². The van der Waals surface area contributed by atoms with Gasteiger partial charge in [0, 0.05) is 23.7 Å². The number of nitrogens with zero attached hydrogens (tertiary/aromatic N) is 1. The van der Waals surface area contributed by atoms with Crippen molar-refractivity contribution in [3.05, 3.63) is 23.9 Å². The molecule has 1 aliphatic heterocycles. The summed E-state index contributed by atoms with van der Waals surface area (Å²) in [5, 5.41) is 9.97. The van der Waals surface area contributed by atoms with E-state index in [0.717, 1.165) is 22.2 Å². The Kier molecular flexibility index (Phi) is 3.04. The highest BCUT2D eigenvalue weighted by molar-refractivity contribution is 5.90. The van der Waals surface area contributed by atoms with Gasteiger partial charge in [-0.05, 0) is 25.5 Å². The van der Waals surface area contributed by atoms with Crippen LogP contribution in [0.3, 0.4) is 0 Å². The molecule has 0 atom stereocenters. The molecule has 20 heavy (non-hydrogen) atoms. The van der Waals surface area contributed by atoms with Crippen LogP contribution in [0.15, 0.2) is 18.3 Å². The van der Waals surface area contributed by atoms with Gasteiger partial charge in [-0.1, -0.05) is 0 Å². The van der Waals surface area contributed by atoms with E-state index in [9.17, 15) is 4.79 Å². The molecular formula is C15H17NO4. The van der Waals surface area contributed by atoms with Crippen LogP contribution >= 0.6 is 0 Å². The third-order valence-corrected chi connectivity index (χ3v) is 3.48. The predicted octanol–water partition coefficient (Wildman–Crippen LogP) is 2.62. The first-order valence-electron chi connectivity index (χ1n) is 6.71. The Hall–Kier alpha value is -2.17. The molecule has 0 fully saturated rings. The minimum absolute atomic E-state index is 0.00979. The van der Waals surface area contributed by atoms with E-state index in [-0.39, 0.29) is 12.5 Å². The zero-order chi connectivity index (χ0) is 14.3. The fourth-order valence-corrected chi connectivity index (χ4v) is 2.59. The lowest BCUT2D eigenvalue weighted by molar-refractivity contribution is -0.136. The summed E-state index contributed by atoms with van der Waals surface area (Å²) in [5.74, 6) is 0.588. The van der Waals surface area contributed by atoms with Crippen molar-refractivity contribution in [1.29, 1.82) is 0 Å². The fourth-order valence-electron chi connectivity index (χ4n) is 2.59. The van der Waals surface area contributed by atoms with E-state index in [1.54, 1.807) is 0 Å². The first-order valence-corrected chi connectivity index (χ1v) is 6.71. The molecule has 0 saturated carbocycles. The summed E-state index contributed by atoms with van der Waals surface area (Å²) in [6.07, 6.45) is 1.92. The summed E-state index contributed by atoms with van der Waals surface area (Å²) in [4.78, 5) is 11.0. The maximum absolute atomic E-state index is 11.0. The number of aliphatic carboxylic acids is 1. The van der Waals surface area contributed by atoms with Gasteiger partial charge in [-0.2, -0.15) is 0 Å². The SMILES string of the molecule is CC(C)n1cc(CC(=O)O)c2cc3c(cc21)OCCO3. The number of benzene rings is 1. The van der Waals surface area contributed by atoms with Crippen molar-refractivity contribution in [1.82, 2.24) is 4.57 Å². The van der Waals surface area contributed by atoms with Crippen molar-refractivity contribution < 1.29 is 19.4 Å². The highest BCUT2D eigenvalue weighted by Crippen LogP contribution is 2.37. The van der Waals surface area contributed by atoms with Crippen molar-refractivity contribution in [2.24, 2.45) is 0 Å². The van der Waals surface area contributed by atoms with E-state index in [4.69, 9.17) is 14.6 Å². The Morgan fingerprint density at radius 1 is 1.30 bits per heavy atom. The first-order chi connectivity index (χ1) is 9.56. The Morgan fingerprint density at radius 2 is 1.95 bits per heavy atom. The number of carbonyl (C=O) groups is 1. The Bertz CT molecular complexity index is 672. The molecule has 1 aromatic heterocycles. The molecule has 1 aliphatic rings. The van der Waals surface area contributed by atoms with Gasteiger partial charge in [0.05, 0.1) is 11.9 Å². The Balaban J connectivity index is 2.22. The quantitative estimate of drug-likeness (QED) is 0.935. The molecule has 0 bridgehead atoms. The standard InChI is InChI=1S/C15H17NO4/c1-9(2)16-8-10(5-15(17)18)11-6-13-14(7-12(11)16)20-4-3-19-13/h6-9H,3-5H2,1-2H3,(H,17,18). The molecule has 106 valence electrons. The molecule has 0 amide bonds. The largest absolute Gasteiger partial charge is 0.486 e. The summed E-state index contributed by atoms with van der Waals surface area (Å²) in [6, 6.07) is 4.08. The monoisotopic (exact) mass is 275 g/mol. The number of rotatable bonds is 3. The van der Waals surface area contributed by atoms with Crippen molar-refractivity contribution in [3.8, 4) is 11.5 Å². The molecule has 5 heteroatoms. The van der Waals surface area contributed by atoms with Crippen LogP contribution in [0.5, 0.6) is 11.5 Å². The van der Waals surface area contributed by atoms with E-state index in [2.05, 4.69) is 18.4 Å². The summed E-state index contributed by atoms with van der Waals surface area (Å²) in [5.41, 5.74) is 1.79. The van der Waals surface area contributed by atoms with E-state index < -0.39 is 5.97 Å². The molecule has 2 heterocycles. The van der Waals surface area contributed by atoms with Crippen molar-refractivity contribution in [2.75, 3.05) is 13.2 Å². The van der Waals surface area contributed by atoms with Crippen molar-refractivity contribution in [3.63, 3.8) is 0 Å². The molecule has 5 nitrogen and oxygen atoms in total. The first kappa shape index (κ1) is 12.8. The van der Waals surface area contributed by atoms with Crippen LogP contribution in [0, 0.1) is 0 Å². The fraction of sp³-hybridized carbons (Fsp3) is 0.400. The van der Waals surface area contributed by atoms with Crippen LogP contribution in [0.2, 0.25) is 0 Å². The van der Waals surface area contributed by atoms with Gasteiger partial charge in [-0.25, -0.2) is 0 Å². The van der Waals surface area contributed by atoms with Crippen molar-refractivity contribution in [2.45, 2.75) is 26.3 Å². The number of ether oxygens (including phenoxy) is 2.